The van der Waals surface area contributed by atoms with Crippen LogP contribution in [0.1, 0.15) is 25.0 Å². The summed E-state index contributed by atoms with van der Waals surface area (Å²) in [6, 6.07) is 21.4. The number of carboxylic acids is 1. The quantitative estimate of drug-likeness (QED) is 0.303. The number of rotatable bonds is 13. The molecule has 0 aliphatic carbocycles. The zero-order valence-corrected chi connectivity index (χ0v) is 23.0. The van der Waals surface area contributed by atoms with Gasteiger partial charge >= 0.3 is 5.97 Å². The average molecular weight is 541 g/mol. The van der Waals surface area contributed by atoms with Crippen LogP contribution >= 0.6 is 0 Å². The van der Waals surface area contributed by atoms with E-state index in [1.165, 1.54) is 13.1 Å². The first-order valence-electron chi connectivity index (χ1n) is 12.3. The van der Waals surface area contributed by atoms with Crippen LogP contribution in [-0.2, 0) is 27.7 Å². The number of carboxylic acid groups (broad SMARTS) is 1. The normalized spacial score (nSPS) is 12.9. The molecule has 8 nitrogen and oxygen atoms in total. The summed E-state index contributed by atoms with van der Waals surface area (Å²) in [6.07, 6.45) is -0.257. The summed E-state index contributed by atoms with van der Waals surface area (Å²) in [5.41, 5.74) is 2.95. The number of nitrogens with one attached hydrogen (secondary N) is 1. The molecule has 3 rings (SSSR count). The summed E-state index contributed by atoms with van der Waals surface area (Å²) in [5.74, 6) is -0.120. The van der Waals surface area contributed by atoms with Gasteiger partial charge in [-0.25, -0.2) is 8.42 Å². The van der Waals surface area contributed by atoms with Gasteiger partial charge < -0.3 is 20.3 Å². The minimum atomic E-state index is -3.84. The number of likely N-dealkylation sites (N-methyl/N-ethyl adjacent to an activating group) is 1. The molecule has 38 heavy (non-hydrogen) atoms. The molecular weight excluding hydrogens is 504 g/mol. The number of sulfonamides is 1. The highest BCUT2D eigenvalue weighted by Gasteiger charge is 2.25. The molecule has 204 valence electrons. The number of nitrogens with zero attached hydrogens (tertiary/aromatic N) is 1. The molecule has 0 amide bonds. The van der Waals surface area contributed by atoms with Crippen LogP contribution in [0, 0.1) is 0 Å². The molecule has 0 spiro atoms. The molecule has 0 aromatic heterocycles. The van der Waals surface area contributed by atoms with E-state index in [0.717, 1.165) is 27.6 Å². The average Bonchev–Trinajstić information content (AvgIpc) is 2.88. The lowest BCUT2D eigenvalue weighted by Crippen LogP contribution is -2.47. The second-order valence-electron chi connectivity index (χ2n) is 10.0. The Hall–Kier alpha value is -3.24. The summed E-state index contributed by atoms with van der Waals surface area (Å²) < 4.78 is 32.8. The lowest BCUT2D eigenvalue weighted by molar-refractivity contribution is -0.136. The molecule has 0 bridgehead atoms. The van der Waals surface area contributed by atoms with Crippen molar-refractivity contribution >= 4 is 16.0 Å². The molecule has 1 unspecified atom stereocenters. The summed E-state index contributed by atoms with van der Waals surface area (Å²) in [4.78, 5) is 11.0. The third kappa shape index (κ3) is 8.13. The number of hydrogen-bond donors (Lipinski definition) is 3. The van der Waals surface area contributed by atoms with Crippen molar-refractivity contribution in [3.8, 4) is 16.9 Å². The Morgan fingerprint density at radius 3 is 2.24 bits per heavy atom. The van der Waals surface area contributed by atoms with Crippen molar-refractivity contribution in [2.75, 3.05) is 27.2 Å². The topological polar surface area (TPSA) is 116 Å². The smallest absolute Gasteiger partial charge is 0.307 e. The predicted octanol–water partition coefficient (Wildman–Crippen LogP) is 3.58. The van der Waals surface area contributed by atoms with Gasteiger partial charge in [-0.15, -0.1) is 0 Å². The van der Waals surface area contributed by atoms with Crippen LogP contribution in [0.25, 0.3) is 11.1 Å². The maximum atomic E-state index is 13.2. The number of benzene rings is 3. The van der Waals surface area contributed by atoms with Crippen molar-refractivity contribution in [1.82, 2.24) is 9.62 Å². The maximum Gasteiger partial charge on any atom is 0.307 e. The minimum absolute atomic E-state index is 0.0674. The Morgan fingerprint density at radius 1 is 1.00 bits per heavy atom. The molecule has 0 saturated carbocycles. The lowest BCUT2D eigenvalue weighted by atomic mass is 9.94. The molecule has 3 aromatic rings. The monoisotopic (exact) mass is 540 g/mol. The van der Waals surface area contributed by atoms with E-state index in [9.17, 15) is 18.3 Å². The van der Waals surface area contributed by atoms with Crippen molar-refractivity contribution in [3.05, 3.63) is 83.9 Å². The van der Waals surface area contributed by atoms with Crippen LogP contribution in [0.2, 0.25) is 0 Å². The zero-order valence-electron chi connectivity index (χ0n) is 22.2. The van der Waals surface area contributed by atoms with E-state index in [-0.39, 0.29) is 29.9 Å². The van der Waals surface area contributed by atoms with E-state index in [4.69, 9.17) is 9.84 Å². The van der Waals surface area contributed by atoms with E-state index in [0.29, 0.717) is 11.1 Å². The largest absolute Gasteiger partial charge is 0.497 e. The molecule has 0 fully saturated rings. The van der Waals surface area contributed by atoms with Gasteiger partial charge in [-0.1, -0.05) is 48.5 Å². The number of β-amino-alcohol motifs (C(OH)–C–C–N with tert-alkyl or cyclic N) is 1. The Bertz CT molecular complexity index is 1320. The second kappa shape index (κ2) is 12.5. The van der Waals surface area contributed by atoms with E-state index >= 15 is 0 Å². The van der Waals surface area contributed by atoms with Gasteiger partial charge in [0.15, 0.2) is 0 Å². The standard InChI is InChI=1S/C29H36N2O6S/c1-29(2,18-22-10-14-26(37-4)15-11-22)30-19-25(32)20-31(3)38(35,36)27-7-5-6-24(17-27)23-12-8-21(9-13-23)16-28(33)34/h5-15,17,25,30,32H,16,18-20H2,1-4H3,(H,33,34). The van der Waals surface area contributed by atoms with Crippen LogP contribution in [-0.4, -0.2) is 67.8 Å². The van der Waals surface area contributed by atoms with E-state index in [2.05, 4.69) is 5.32 Å². The Morgan fingerprint density at radius 2 is 1.63 bits per heavy atom. The SMILES string of the molecule is COc1ccc(CC(C)(C)NCC(O)CN(C)S(=O)(=O)c2cccc(-c3ccc(CC(=O)O)cc3)c2)cc1. The van der Waals surface area contributed by atoms with Crippen molar-refractivity contribution < 1.29 is 28.2 Å². The molecule has 0 heterocycles. The van der Waals surface area contributed by atoms with Crippen molar-refractivity contribution in [3.63, 3.8) is 0 Å². The summed E-state index contributed by atoms with van der Waals surface area (Å²) in [5, 5.41) is 22.9. The van der Waals surface area contributed by atoms with Crippen molar-refractivity contribution in [2.45, 2.75) is 43.2 Å². The van der Waals surface area contributed by atoms with Gasteiger partial charge in [0.25, 0.3) is 0 Å². The first-order valence-corrected chi connectivity index (χ1v) is 13.8. The number of carbonyl (C=O) groups is 1. The summed E-state index contributed by atoms with van der Waals surface area (Å²) >= 11 is 0. The van der Waals surface area contributed by atoms with Gasteiger partial charge in [0.1, 0.15) is 5.75 Å². The molecule has 3 N–H and O–H groups in total. The van der Waals surface area contributed by atoms with E-state index in [1.807, 2.05) is 38.1 Å². The summed E-state index contributed by atoms with van der Waals surface area (Å²) in [7, 11) is -0.764. The zero-order chi connectivity index (χ0) is 27.9. The predicted molar refractivity (Wildman–Crippen MR) is 148 cm³/mol. The van der Waals surface area contributed by atoms with Crippen LogP contribution < -0.4 is 10.1 Å². The van der Waals surface area contributed by atoms with Crippen LogP contribution in [0.15, 0.2) is 77.7 Å². The Kier molecular flexibility index (Phi) is 9.67. The van der Waals surface area contributed by atoms with Crippen molar-refractivity contribution in [1.29, 1.82) is 0 Å². The van der Waals surface area contributed by atoms with Gasteiger partial charge in [-0.05, 0) is 66.8 Å². The highest BCUT2D eigenvalue weighted by molar-refractivity contribution is 7.89. The van der Waals surface area contributed by atoms with Gasteiger partial charge in [0, 0.05) is 25.7 Å². The molecule has 3 aromatic carbocycles. The molecule has 9 heteroatoms. The maximum absolute atomic E-state index is 13.2. The van der Waals surface area contributed by atoms with Gasteiger partial charge in [0.05, 0.1) is 24.5 Å². The van der Waals surface area contributed by atoms with Crippen LogP contribution in [0.5, 0.6) is 5.75 Å². The number of aliphatic carboxylic acids is 1. The molecule has 0 saturated heterocycles. The first kappa shape index (κ1) is 29.3. The molecule has 0 aliphatic heterocycles. The Labute approximate surface area is 224 Å². The number of ether oxygens (including phenoxy) is 1. The highest BCUT2D eigenvalue weighted by Crippen LogP contribution is 2.25. The highest BCUT2D eigenvalue weighted by atomic mass is 32.2. The Balaban J connectivity index is 1.61. The fourth-order valence-electron chi connectivity index (χ4n) is 4.18. The second-order valence-corrected chi connectivity index (χ2v) is 12.1. The van der Waals surface area contributed by atoms with Crippen LogP contribution in [0.3, 0.4) is 0 Å². The van der Waals surface area contributed by atoms with Crippen molar-refractivity contribution in [2.24, 2.45) is 0 Å². The van der Waals surface area contributed by atoms with E-state index in [1.54, 1.807) is 49.6 Å². The van der Waals surface area contributed by atoms with Gasteiger partial charge in [0.2, 0.25) is 10.0 Å². The van der Waals surface area contributed by atoms with Crippen LogP contribution in [0.4, 0.5) is 0 Å². The number of aliphatic hydroxyl groups is 1. The molecular formula is C29H36N2O6S. The molecule has 0 radical (unpaired) electrons. The van der Waals surface area contributed by atoms with E-state index < -0.39 is 22.1 Å². The lowest BCUT2D eigenvalue weighted by Gasteiger charge is -2.29. The molecule has 0 aliphatic rings. The fourth-order valence-corrected chi connectivity index (χ4v) is 5.43. The third-order valence-electron chi connectivity index (χ3n) is 6.27. The molecule has 1 atom stereocenters. The fraction of sp³-hybridized carbons (Fsp3) is 0.345. The summed E-state index contributed by atoms with van der Waals surface area (Å²) in [6.45, 7) is 4.22. The number of aliphatic hydroxyl groups excluding tert-OH is 1. The third-order valence-corrected chi connectivity index (χ3v) is 8.09. The first-order chi connectivity index (χ1) is 17.9. The van der Waals surface area contributed by atoms with Gasteiger partial charge in [-0.3, -0.25) is 4.79 Å². The minimum Gasteiger partial charge on any atom is -0.497 e. The van der Waals surface area contributed by atoms with Gasteiger partial charge in [-0.2, -0.15) is 4.31 Å². The number of hydrogen-bond acceptors (Lipinski definition) is 6. The number of methoxy groups -OCH3 is 1.